The second-order valence-corrected chi connectivity index (χ2v) is 11.3. The topological polar surface area (TPSA) is 75.7 Å². The smallest absolute Gasteiger partial charge is 0.251 e. The van der Waals surface area contributed by atoms with E-state index in [4.69, 9.17) is 4.74 Å². The van der Waals surface area contributed by atoms with Crippen LogP contribution in [0.4, 0.5) is 5.69 Å². The van der Waals surface area contributed by atoms with E-state index in [1.807, 2.05) is 66.7 Å². The second kappa shape index (κ2) is 13.1. The molecule has 0 atom stereocenters. The lowest BCUT2D eigenvalue weighted by molar-refractivity contribution is 0.0947. The largest absolute Gasteiger partial charge is 0.492 e. The van der Waals surface area contributed by atoms with Gasteiger partial charge >= 0.3 is 0 Å². The molecule has 1 N–H and O–H groups in total. The van der Waals surface area contributed by atoms with Gasteiger partial charge in [-0.05, 0) is 53.4 Å². The molecule has 0 aliphatic heterocycles. The Morgan fingerprint density at radius 3 is 2.13 bits per heavy atom. The Morgan fingerprint density at radius 2 is 1.46 bits per heavy atom. The third kappa shape index (κ3) is 7.71. The number of para-hydroxylation sites is 1. The summed E-state index contributed by atoms with van der Waals surface area (Å²) < 4.78 is 32.8. The van der Waals surface area contributed by atoms with Gasteiger partial charge in [0.25, 0.3) is 5.91 Å². The SMILES string of the molecule is CCCc1ccc(OCCNC(=O)c2ccc(CN(c3ccccc3-c3ccccc3)S(C)(=O)=O)cc2)cc1. The number of nitrogens with one attached hydrogen (secondary N) is 1. The van der Waals surface area contributed by atoms with Crippen molar-refractivity contribution in [3.05, 3.63) is 120 Å². The van der Waals surface area contributed by atoms with E-state index in [2.05, 4.69) is 24.4 Å². The lowest BCUT2D eigenvalue weighted by Gasteiger charge is -2.25. The molecule has 0 aromatic heterocycles. The number of nitrogens with zero attached hydrogens (tertiary/aromatic N) is 1. The number of amides is 1. The molecule has 39 heavy (non-hydrogen) atoms. The van der Waals surface area contributed by atoms with Crippen LogP contribution in [0.25, 0.3) is 11.1 Å². The van der Waals surface area contributed by atoms with Crippen molar-refractivity contribution in [2.75, 3.05) is 23.7 Å². The van der Waals surface area contributed by atoms with Gasteiger partial charge in [0, 0.05) is 11.1 Å². The minimum absolute atomic E-state index is 0.148. The summed E-state index contributed by atoms with van der Waals surface area (Å²) in [6.07, 6.45) is 3.35. The number of carbonyl (C=O) groups excluding carboxylic acids is 1. The van der Waals surface area contributed by atoms with E-state index in [-0.39, 0.29) is 12.5 Å². The number of aryl methyl sites for hydroxylation is 1. The van der Waals surface area contributed by atoms with Gasteiger partial charge < -0.3 is 10.1 Å². The highest BCUT2D eigenvalue weighted by atomic mass is 32.2. The quantitative estimate of drug-likeness (QED) is 0.220. The summed E-state index contributed by atoms with van der Waals surface area (Å²) in [4.78, 5) is 12.6. The van der Waals surface area contributed by atoms with Gasteiger partial charge in [0.05, 0.1) is 25.0 Å². The zero-order valence-corrected chi connectivity index (χ0v) is 23.2. The summed E-state index contributed by atoms with van der Waals surface area (Å²) >= 11 is 0. The molecule has 0 spiro atoms. The molecule has 4 rings (SSSR count). The Labute approximate surface area is 231 Å². The van der Waals surface area contributed by atoms with Crippen molar-refractivity contribution in [1.82, 2.24) is 5.32 Å². The predicted molar refractivity (Wildman–Crippen MR) is 158 cm³/mol. The van der Waals surface area contributed by atoms with Crippen LogP contribution in [-0.4, -0.2) is 33.7 Å². The summed E-state index contributed by atoms with van der Waals surface area (Å²) in [6, 6.07) is 32.2. The average Bonchev–Trinajstić information content (AvgIpc) is 2.95. The first-order valence-corrected chi connectivity index (χ1v) is 14.9. The molecule has 0 unspecified atom stereocenters. The van der Waals surface area contributed by atoms with Gasteiger partial charge in [0.2, 0.25) is 10.0 Å². The van der Waals surface area contributed by atoms with Gasteiger partial charge in [0.1, 0.15) is 12.4 Å². The molecule has 202 valence electrons. The van der Waals surface area contributed by atoms with Gasteiger partial charge in [-0.1, -0.05) is 86.1 Å². The fraction of sp³-hybridized carbons (Fsp3) is 0.219. The van der Waals surface area contributed by atoms with E-state index in [0.29, 0.717) is 24.4 Å². The van der Waals surface area contributed by atoms with Crippen LogP contribution in [0, 0.1) is 0 Å². The van der Waals surface area contributed by atoms with Crippen molar-refractivity contribution in [2.24, 2.45) is 0 Å². The van der Waals surface area contributed by atoms with E-state index < -0.39 is 10.0 Å². The van der Waals surface area contributed by atoms with Crippen LogP contribution >= 0.6 is 0 Å². The molecular formula is C32H34N2O4S. The normalized spacial score (nSPS) is 11.1. The molecule has 0 saturated heterocycles. The molecule has 0 fully saturated rings. The van der Waals surface area contributed by atoms with Crippen molar-refractivity contribution >= 4 is 21.6 Å². The number of benzene rings is 4. The molecule has 0 aliphatic carbocycles. The van der Waals surface area contributed by atoms with Crippen LogP contribution in [0.5, 0.6) is 5.75 Å². The number of carbonyl (C=O) groups is 1. The molecule has 1 amide bonds. The highest BCUT2D eigenvalue weighted by Crippen LogP contribution is 2.33. The minimum atomic E-state index is -3.58. The standard InChI is InChI=1S/C32H34N2O4S/c1-3-9-25-16-20-29(21-17-25)38-23-22-33-32(35)28-18-14-26(15-19-28)24-34(39(2,36)37)31-13-8-7-12-30(31)27-10-5-4-6-11-27/h4-8,10-21H,3,9,22-24H2,1-2H3,(H,33,35). The van der Waals surface area contributed by atoms with Crippen LogP contribution in [-0.2, 0) is 23.0 Å². The van der Waals surface area contributed by atoms with Gasteiger partial charge in [-0.15, -0.1) is 0 Å². The molecule has 7 heteroatoms. The predicted octanol–water partition coefficient (Wildman–Crippen LogP) is 6.08. The molecular weight excluding hydrogens is 508 g/mol. The van der Waals surface area contributed by atoms with Gasteiger partial charge in [0.15, 0.2) is 0 Å². The number of sulfonamides is 1. The van der Waals surface area contributed by atoms with Gasteiger partial charge in [-0.25, -0.2) is 8.42 Å². The van der Waals surface area contributed by atoms with Gasteiger partial charge in [-0.3, -0.25) is 9.10 Å². The fourth-order valence-corrected chi connectivity index (χ4v) is 5.24. The average molecular weight is 543 g/mol. The first kappa shape index (κ1) is 27.9. The molecule has 0 radical (unpaired) electrons. The number of hydrogen-bond acceptors (Lipinski definition) is 4. The van der Waals surface area contributed by atoms with E-state index in [0.717, 1.165) is 35.3 Å². The molecule has 4 aromatic carbocycles. The van der Waals surface area contributed by atoms with E-state index >= 15 is 0 Å². The zero-order chi connectivity index (χ0) is 27.7. The first-order valence-electron chi connectivity index (χ1n) is 13.1. The van der Waals surface area contributed by atoms with Crippen LogP contribution in [0.3, 0.4) is 0 Å². The number of ether oxygens (including phenoxy) is 1. The Kier molecular flexibility index (Phi) is 9.39. The number of anilines is 1. The van der Waals surface area contributed by atoms with E-state index in [1.54, 1.807) is 24.3 Å². The molecule has 0 bridgehead atoms. The highest BCUT2D eigenvalue weighted by molar-refractivity contribution is 7.92. The summed E-state index contributed by atoms with van der Waals surface area (Å²) in [5.74, 6) is 0.565. The van der Waals surface area contributed by atoms with Crippen molar-refractivity contribution in [3.63, 3.8) is 0 Å². The van der Waals surface area contributed by atoms with Crippen molar-refractivity contribution in [2.45, 2.75) is 26.3 Å². The maximum absolute atomic E-state index is 12.8. The van der Waals surface area contributed by atoms with Crippen LogP contribution in [0.2, 0.25) is 0 Å². The minimum Gasteiger partial charge on any atom is -0.492 e. The Balaban J connectivity index is 1.38. The first-order chi connectivity index (χ1) is 18.8. The van der Waals surface area contributed by atoms with Gasteiger partial charge in [-0.2, -0.15) is 0 Å². The fourth-order valence-electron chi connectivity index (χ4n) is 4.34. The highest BCUT2D eigenvalue weighted by Gasteiger charge is 2.21. The zero-order valence-electron chi connectivity index (χ0n) is 22.3. The lowest BCUT2D eigenvalue weighted by atomic mass is 10.0. The van der Waals surface area contributed by atoms with Crippen LogP contribution in [0.15, 0.2) is 103 Å². The molecule has 4 aromatic rings. The summed E-state index contributed by atoms with van der Waals surface area (Å²) in [7, 11) is -3.58. The van der Waals surface area contributed by atoms with Crippen LogP contribution < -0.4 is 14.4 Å². The Morgan fingerprint density at radius 1 is 0.821 bits per heavy atom. The van der Waals surface area contributed by atoms with E-state index in [9.17, 15) is 13.2 Å². The lowest BCUT2D eigenvalue weighted by Crippen LogP contribution is -2.30. The van der Waals surface area contributed by atoms with E-state index in [1.165, 1.54) is 16.1 Å². The Hall–Kier alpha value is -4.10. The molecule has 6 nitrogen and oxygen atoms in total. The molecule has 0 heterocycles. The van der Waals surface area contributed by atoms with Crippen molar-refractivity contribution in [1.29, 1.82) is 0 Å². The molecule has 0 aliphatic rings. The monoisotopic (exact) mass is 542 g/mol. The number of rotatable bonds is 12. The van der Waals surface area contributed by atoms with Crippen molar-refractivity contribution < 1.29 is 17.9 Å². The van der Waals surface area contributed by atoms with Crippen LogP contribution in [0.1, 0.15) is 34.8 Å². The Bertz CT molecular complexity index is 1470. The summed E-state index contributed by atoms with van der Waals surface area (Å²) in [5, 5.41) is 2.87. The molecule has 0 saturated carbocycles. The summed E-state index contributed by atoms with van der Waals surface area (Å²) in [6.45, 7) is 3.03. The number of hydrogen-bond donors (Lipinski definition) is 1. The summed E-state index contributed by atoms with van der Waals surface area (Å²) in [5.41, 5.74) is 4.92. The second-order valence-electron chi connectivity index (χ2n) is 9.35. The third-order valence-electron chi connectivity index (χ3n) is 6.32. The third-order valence-corrected chi connectivity index (χ3v) is 7.45. The van der Waals surface area contributed by atoms with Crippen molar-refractivity contribution in [3.8, 4) is 16.9 Å². The maximum Gasteiger partial charge on any atom is 0.251 e. The maximum atomic E-state index is 12.8.